The van der Waals surface area contributed by atoms with Crippen molar-refractivity contribution in [2.24, 2.45) is 0 Å². The Hall–Kier alpha value is -1.20. The van der Waals surface area contributed by atoms with Crippen LogP contribution in [0.15, 0.2) is 12.1 Å². The summed E-state index contributed by atoms with van der Waals surface area (Å²) >= 11 is 0. The molecular formula is C19H28BN2O2. The molecule has 1 fully saturated rings. The van der Waals surface area contributed by atoms with Gasteiger partial charge >= 0.3 is 0 Å². The largest absolute Gasteiger partial charge is 0.493 e. The van der Waals surface area contributed by atoms with Gasteiger partial charge in [0, 0.05) is 0 Å². The molecule has 0 spiro atoms. The van der Waals surface area contributed by atoms with E-state index in [-0.39, 0.29) is 5.54 Å². The molecule has 1 saturated heterocycles. The van der Waals surface area contributed by atoms with Gasteiger partial charge in [-0.1, -0.05) is 0 Å². The number of ether oxygens (including phenoxy) is 2. The summed E-state index contributed by atoms with van der Waals surface area (Å²) in [6.07, 6.45) is 5.50. The van der Waals surface area contributed by atoms with Gasteiger partial charge in [0.15, 0.2) is 11.5 Å². The van der Waals surface area contributed by atoms with Crippen molar-refractivity contribution in [3.8, 4) is 11.5 Å². The molecule has 24 heavy (non-hydrogen) atoms. The Bertz CT molecular complexity index is 600. The summed E-state index contributed by atoms with van der Waals surface area (Å²) in [4.78, 5) is 5.01. The van der Waals surface area contributed by atoms with E-state index in [9.17, 15) is 0 Å². The highest BCUT2D eigenvalue weighted by Gasteiger charge is 2.41. The van der Waals surface area contributed by atoms with Crippen LogP contribution in [0.5, 0.6) is 11.5 Å². The Labute approximate surface area is 147 Å². The van der Waals surface area contributed by atoms with Gasteiger partial charge in [0.25, 0.3) is 6.98 Å². The van der Waals surface area contributed by atoms with Crippen LogP contribution >= 0.6 is 0 Å². The Kier molecular flexibility index (Phi) is 4.85. The summed E-state index contributed by atoms with van der Waals surface area (Å²) in [6.45, 7) is 12.6. The molecule has 0 bridgehead atoms. The van der Waals surface area contributed by atoms with Crippen molar-refractivity contribution >= 4 is 6.98 Å². The average Bonchev–Trinajstić information content (AvgIpc) is 3.03. The van der Waals surface area contributed by atoms with Crippen LogP contribution in [0.4, 0.5) is 0 Å². The minimum absolute atomic E-state index is 0.103. The fourth-order valence-corrected chi connectivity index (χ4v) is 3.84. The van der Waals surface area contributed by atoms with Gasteiger partial charge in [-0.2, -0.15) is 0 Å². The lowest BCUT2D eigenvalue weighted by Gasteiger charge is -2.48. The molecule has 5 radical (unpaired) electrons. The Morgan fingerprint density at radius 2 is 1.83 bits per heavy atom. The summed E-state index contributed by atoms with van der Waals surface area (Å²) in [5.41, 5.74) is 2.81. The van der Waals surface area contributed by atoms with Gasteiger partial charge in [-0.25, -0.2) is 0 Å². The first-order valence-electron chi connectivity index (χ1n) is 8.67. The second-order valence-corrected chi connectivity index (χ2v) is 7.60. The van der Waals surface area contributed by atoms with Crippen LogP contribution in [0, 0.1) is 19.3 Å². The van der Waals surface area contributed by atoms with E-state index in [1.807, 2.05) is 0 Å². The van der Waals surface area contributed by atoms with Crippen LogP contribution in [0.1, 0.15) is 44.9 Å². The molecule has 2 aliphatic heterocycles. The molecule has 0 saturated carbocycles. The standard InChI is InChI=1S/C19H28BN2O2/c1-14-16-13-18(24-6)17(23-5)12-15(16)8-11-21(14)20-9-7-10-22(20)19(2,3)4/h7,9-10,12-14H,8,11H2,1-6H3/t14-/m1/s1. The molecule has 0 unspecified atom stereocenters. The van der Waals surface area contributed by atoms with E-state index in [0.717, 1.165) is 24.5 Å². The molecule has 129 valence electrons. The van der Waals surface area contributed by atoms with Gasteiger partial charge in [0.05, 0.1) is 19.8 Å². The molecule has 1 aromatic rings. The highest BCUT2D eigenvalue weighted by Crippen LogP contribution is 2.39. The van der Waals surface area contributed by atoms with Crippen molar-refractivity contribution in [1.29, 1.82) is 0 Å². The van der Waals surface area contributed by atoms with Crippen molar-refractivity contribution in [3.63, 3.8) is 0 Å². The predicted molar refractivity (Wildman–Crippen MR) is 98.9 cm³/mol. The topological polar surface area (TPSA) is 27.6 Å². The number of hydrogen-bond acceptors (Lipinski definition) is 4. The lowest BCUT2D eigenvalue weighted by molar-refractivity contribution is 0.293. The lowest BCUT2D eigenvalue weighted by Crippen LogP contribution is -2.60. The van der Waals surface area contributed by atoms with Gasteiger partial charge in [-0.3, -0.25) is 0 Å². The smallest absolute Gasteiger partial charge is 0.260 e. The van der Waals surface area contributed by atoms with Crippen LogP contribution in [-0.2, 0) is 6.42 Å². The summed E-state index contributed by atoms with van der Waals surface area (Å²) in [7, 11) is 3.40. The van der Waals surface area contributed by atoms with Gasteiger partial charge < -0.3 is 19.1 Å². The third kappa shape index (κ3) is 3.04. The normalized spacial score (nSPS) is 23.3. The molecule has 4 nitrogen and oxygen atoms in total. The highest BCUT2D eigenvalue weighted by molar-refractivity contribution is 6.60. The fourth-order valence-electron chi connectivity index (χ4n) is 3.84. The van der Waals surface area contributed by atoms with Crippen LogP contribution in [0.3, 0.4) is 0 Å². The molecule has 5 heteroatoms. The molecule has 2 heterocycles. The number of fused-ring (bicyclic) bond motifs is 1. The van der Waals surface area contributed by atoms with Crippen LogP contribution in [-0.4, -0.2) is 38.1 Å². The van der Waals surface area contributed by atoms with Crippen molar-refractivity contribution in [2.75, 3.05) is 20.8 Å². The number of nitrogens with zero attached hydrogens (tertiary/aromatic N) is 2. The van der Waals surface area contributed by atoms with E-state index in [2.05, 4.69) is 68.7 Å². The van der Waals surface area contributed by atoms with E-state index in [0.29, 0.717) is 13.0 Å². The predicted octanol–water partition coefficient (Wildman–Crippen LogP) is 3.17. The van der Waals surface area contributed by atoms with Crippen LogP contribution in [0.25, 0.3) is 0 Å². The van der Waals surface area contributed by atoms with Crippen molar-refractivity contribution in [2.45, 2.75) is 45.7 Å². The van der Waals surface area contributed by atoms with Crippen molar-refractivity contribution in [3.05, 3.63) is 42.5 Å². The van der Waals surface area contributed by atoms with Gasteiger partial charge in [0.2, 0.25) is 0 Å². The molecule has 2 aliphatic rings. The average molecular weight is 327 g/mol. The summed E-state index contributed by atoms with van der Waals surface area (Å²) in [5.74, 6) is 1.63. The van der Waals surface area contributed by atoms with Gasteiger partial charge in [0.1, 0.15) is 6.54 Å². The first-order valence-corrected chi connectivity index (χ1v) is 8.67. The zero-order valence-electron chi connectivity index (χ0n) is 15.7. The molecule has 1 aromatic carbocycles. The van der Waals surface area contributed by atoms with E-state index in [1.165, 1.54) is 11.1 Å². The second-order valence-electron chi connectivity index (χ2n) is 7.60. The summed E-state index contributed by atoms with van der Waals surface area (Å²) < 4.78 is 11.0. The monoisotopic (exact) mass is 327 g/mol. The number of benzene rings is 1. The highest BCUT2D eigenvalue weighted by atomic mass is 16.5. The first kappa shape index (κ1) is 17.6. The second kappa shape index (κ2) is 6.60. The van der Waals surface area contributed by atoms with E-state index >= 15 is 0 Å². The van der Waals surface area contributed by atoms with Crippen molar-refractivity contribution < 1.29 is 9.47 Å². The molecule has 0 aliphatic carbocycles. The fraction of sp³-hybridized carbons (Fsp3) is 0.526. The van der Waals surface area contributed by atoms with Gasteiger partial charge in [-0.15, -0.1) is 6.32 Å². The van der Waals surface area contributed by atoms with Crippen LogP contribution < -0.4 is 14.3 Å². The zero-order chi connectivity index (χ0) is 17.5. The number of methoxy groups -OCH3 is 2. The van der Waals surface area contributed by atoms with Crippen LogP contribution in [0.2, 0.25) is 0 Å². The molecule has 3 rings (SSSR count). The Balaban J connectivity index is 1.90. The van der Waals surface area contributed by atoms with Gasteiger partial charge in [-0.05, 0) is 76.4 Å². The quantitative estimate of drug-likeness (QED) is 0.798. The van der Waals surface area contributed by atoms with E-state index in [1.54, 1.807) is 14.2 Å². The van der Waals surface area contributed by atoms with E-state index in [4.69, 9.17) is 9.47 Å². The summed E-state index contributed by atoms with van der Waals surface area (Å²) in [6, 6.07) is 4.62. The number of hydrogen-bond donors (Lipinski definition) is 0. The Morgan fingerprint density at radius 3 is 2.46 bits per heavy atom. The maximum Gasteiger partial charge on any atom is 0.260 e. The molecule has 0 aromatic heterocycles. The number of rotatable bonds is 3. The maximum absolute atomic E-state index is 5.51. The third-order valence-electron chi connectivity index (χ3n) is 5.16. The summed E-state index contributed by atoms with van der Waals surface area (Å²) in [5, 5.41) is 0. The molecule has 0 N–H and O–H groups in total. The molecular weight excluding hydrogens is 299 g/mol. The maximum atomic E-state index is 5.51. The minimum Gasteiger partial charge on any atom is -0.493 e. The van der Waals surface area contributed by atoms with Crippen molar-refractivity contribution in [1.82, 2.24) is 9.62 Å². The molecule has 1 atom stereocenters. The zero-order valence-corrected chi connectivity index (χ0v) is 15.7. The minimum atomic E-state index is 0.103. The third-order valence-corrected chi connectivity index (χ3v) is 5.16. The SMILES string of the molecule is COc1cc2c(cc1OC)[C@@H](C)N([B-]1[CH][CH][CH][N+]1C(C)(C)C)CC2. The Morgan fingerprint density at radius 1 is 1.17 bits per heavy atom. The first-order chi connectivity index (χ1) is 11.4. The molecule has 0 amide bonds. The van der Waals surface area contributed by atoms with E-state index < -0.39 is 0 Å². The lowest BCUT2D eigenvalue weighted by atomic mass is 9.65.